The molecule has 0 amide bonds. The van der Waals surface area contributed by atoms with Crippen molar-refractivity contribution >= 4 is 21.6 Å². The number of aromatic hydroxyl groups is 1. The lowest BCUT2D eigenvalue weighted by Crippen LogP contribution is -2.33. The molecular weight excluding hydrogens is 418 g/mol. The summed E-state index contributed by atoms with van der Waals surface area (Å²) in [6.07, 6.45) is 3.88. The van der Waals surface area contributed by atoms with Crippen molar-refractivity contribution in [2.45, 2.75) is 25.6 Å². The molecule has 1 N–H and O–H groups in total. The van der Waals surface area contributed by atoms with E-state index in [1.807, 2.05) is 48.3 Å². The molecule has 6 heteroatoms. The first-order valence-corrected chi connectivity index (χ1v) is 9.91. The van der Waals surface area contributed by atoms with Gasteiger partial charge in [0.1, 0.15) is 11.5 Å². The molecule has 0 spiro atoms. The summed E-state index contributed by atoms with van der Waals surface area (Å²) in [5.74, 6) is 1.11. The van der Waals surface area contributed by atoms with E-state index in [2.05, 4.69) is 27.0 Å². The maximum atomic E-state index is 10.4. The van der Waals surface area contributed by atoms with Crippen LogP contribution in [0.15, 0.2) is 70.5 Å². The number of aryl methyl sites for hydroxylation is 1. The lowest BCUT2D eigenvalue weighted by molar-refractivity contribution is -0.0191. The highest BCUT2D eigenvalue weighted by Crippen LogP contribution is 2.48. The Morgan fingerprint density at radius 2 is 1.93 bits per heavy atom. The van der Waals surface area contributed by atoms with Crippen molar-refractivity contribution < 1.29 is 9.84 Å². The van der Waals surface area contributed by atoms with Gasteiger partial charge in [0.25, 0.3) is 0 Å². The molecule has 0 saturated carbocycles. The van der Waals surface area contributed by atoms with Gasteiger partial charge in [-0.2, -0.15) is 5.10 Å². The number of hydrogen-bond acceptors (Lipinski definition) is 5. The number of pyridine rings is 1. The predicted octanol–water partition coefficient (Wildman–Crippen LogP) is 5.10. The molecule has 0 saturated heterocycles. The van der Waals surface area contributed by atoms with E-state index in [4.69, 9.17) is 9.84 Å². The average Bonchev–Trinajstić information content (AvgIpc) is 3.15. The van der Waals surface area contributed by atoms with E-state index >= 15 is 0 Å². The van der Waals surface area contributed by atoms with Gasteiger partial charge in [-0.25, -0.2) is 5.01 Å². The van der Waals surface area contributed by atoms with Gasteiger partial charge < -0.3 is 9.84 Å². The van der Waals surface area contributed by atoms with E-state index in [0.717, 1.165) is 38.2 Å². The van der Waals surface area contributed by atoms with Gasteiger partial charge in [0.05, 0.1) is 11.8 Å². The van der Waals surface area contributed by atoms with Gasteiger partial charge in [-0.3, -0.25) is 4.98 Å². The average molecular weight is 436 g/mol. The quantitative estimate of drug-likeness (QED) is 0.608. The summed E-state index contributed by atoms with van der Waals surface area (Å²) < 4.78 is 7.34. The van der Waals surface area contributed by atoms with Crippen LogP contribution >= 0.6 is 15.9 Å². The molecule has 2 aromatic carbocycles. The Hall–Kier alpha value is -2.86. The highest BCUT2D eigenvalue weighted by molar-refractivity contribution is 9.10. The maximum Gasteiger partial charge on any atom is 0.213 e. The summed E-state index contributed by atoms with van der Waals surface area (Å²) >= 11 is 3.57. The number of hydrazone groups is 1. The van der Waals surface area contributed by atoms with Gasteiger partial charge in [-0.15, -0.1) is 0 Å². The number of ether oxygens (including phenoxy) is 1. The van der Waals surface area contributed by atoms with E-state index in [0.29, 0.717) is 6.42 Å². The van der Waals surface area contributed by atoms with Crippen LogP contribution in [0.5, 0.6) is 11.5 Å². The Labute approximate surface area is 171 Å². The SMILES string of the molecule is Cc1ccc(O)c(C2=NN3[C@@H](C2)c2cc(Br)ccc2O[C@H]3c2ccncc2)c1. The van der Waals surface area contributed by atoms with Crippen LogP contribution in [0.25, 0.3) is 0 Å². The second-order valence-electron chi connectivity index (χ2n) is 7.10. The van der Waals surface area contributed by atoms with Crippen LogP contribution in [0, 0.1) is 6.92 Å². The van der Waals surface area contributed by atoms with Crippen LogP contribution in [0.4, 0.5) is 0 Å². The summed E-state index contributed by atoms with van der Waals surface area (Å²) in [6.45, 7) is 2.01. The number of benzene rings is 2. The van der Waals surface area contributed by atoms with Crippen molar-refractivity contribution in [3.05, 3.63) is 87.7 Å². The number of phenols is 1. The zero-order chi connectivity index (χ0) is 19.3. The summed E-state index contributed by atoms with van der Waals surface area (Å²) in [7, 11) is 0. The first-order valence-electron chi connectivity index (χ1n) is 9.12. The minimum Gasteiger partial charge on any atom is -0.507 e. The van der Waals surface area contributed by atoms with E-state index < -0.39 is 0 Å². The number of phenolic OH excluding ortho intramolecular Hbond substituents is 1. The lowest BCUT2D eigenvalue weighted by atomic mass is 9.95. The fourth-order valence-corrected chi connectivity index (χ4v) is 4.23. The van der Waals surface area contributed by atoms with E-state index in [9.17, 15) is 5.11 Å². The van der Waals surface area contributed by atoms with Crippen molar-refractivity contribution in [3.8, 4) is 11.5 Å². The summed E-state index contributed by atoms with van der Waals surface area (Å²) in [6, 6.07) is 15.6. The third-order valence-corrected chi connectivity index (χ3v) is 5.70. The first kappa shape index (κ1) is 17.3. The molecule has 2 atom stereocenters. The highest BCUT2D eigenvalue weighted by Gasteiger charge is 2.41. The molecule has 3 heterocycles. The van der Waals surface area contributed by atoms with Crippen LogP contribution < -0.4 is 4.74 Å². The molecule has 5 nitrogen and oxygen atoms in total. The monoisotopic (exact) mass is 435 g/mol. The topological polar surface area (TPSA) is 58.0 Å². The van der Waals surface area contributed by atoms with Crippen LogP contribution in [0.2, 0.25) is 0 Å². The minimum atomic E-state index is -0.342. The van der Waals surface area contributed by atoms with Gasteiger partial charge in [0, 0.05) is 40.0 Å². The molecule has 140 valence electrons. The number of rotatable bonds is 2. The van der Waals surface area contributed by atoms with E-state index in [1.165, 1.54) is 0 Å². The van der Waals surface area contributed by atoms with Gasteiger partial charge in [0.15, 0.2) is 0 Å². The largest absolute Gasteiger partial charge is 0.507 e. The fourth-order valence-electron chi connectivity index (χ4n) is 3.85. The van der Waals surface area contributed by atoms with Crippen molar-refractivity contribution in [1.29, 1.82) is 0 Å². The normalized spacial score (nSPS) is 20.2. The Balaban J connectivity index is 1.63. The molecule has 0 fully saturated rings. The number of halogens is 1. The van der Waals surface area contributed by atoms with Crippen LogP contribution in [-0.4, -0.2) is 20.8 Å². The Bertz CT molecular complexity index is 1080. The van der Waals surface area contributed by atoms with Crippen LogP contribution in [0.3, 0.4) is 0 Å². The highest BCUT2D eigenvalue weighted by atomic mass is 79.9. The lowest BCUT2D eigenvalue weighted by Gasteiger charge is -2.38. The standard InChI is InChI=1S/C22H18BrN3O2/c1-13-2-4-20(27)16(10-13)18-12-19-17-11-15(23)3-5-21(17)28-22(26(19)25-18)14-6-8-24-9-7-14/h2-11,19,22,27H,12H2,1H3/t19-,22-/m0/s1. The summed E-state index contributed by atoms with van der Waals surface area (Å²) in [4.78, 5) is 4.12. The zero-order valence-corrected chi connectivity index (χ0v) is 16.8. The van der Waals surface area contributed by atoms with E-state index in [-0.39, 0.29) is 18.0 Å². The number of hydrogen-bond donors (Lipinski definition) is 1. The Kier molecular flexibility index (Phi) is 4.09. The smallest absolute Gasteiger partial charge is 0.213 e. The molecule has 0 bridgehead atoms. The molecule has 1 aromatic heterocycles. The molecule has 5 rings (SSSR count). The Morgan fingerprint density at radius 3 is 2.75 bits per heavy atom. The molecule has 2 aliphatic heterocycles. The summed E-state index contributed by atoms with van der Waals surface area (Å²) in [5, 5.41) is 17.3. The second kappa shape index (κ2) is 6.63. The number of fused-ring (bicyclic) bond motifs is 3. The van der Waals surface area contributed by atoms with Crippen molar-refractivity contribution in [2.24, 2.45) is 5.10 Å². The maximum absolute atomic E-state index is 10.4. The van der Waals surface area contributed by atoms with Crippen LogP contribution in [0.1, 0.15) is 40.9 Å². The third-order valence-electron chi connectivity index (χ3n) is 5.21. The van der Waals surface area contributed by atoms with Crippen molar-refractivity contribution in [1.82, 2.24) is 9.99 Å². The Morgan fingerprint density at radius 1 is 1.11 bits per heavy atom. The second-order valence-corrected chi connectivity index (χ2v) is 8.02. The number of nitrogens with zero attached hydrogens (tertiary/aromatic N) is 3. The summed E-state index contributed by atoms with van der Waals surface area (Å²) in [5.41, 5.74) is 4.81. The van der Waals surface area contributed by atoms with Crippen molar-refractivity contribution in [3.63, 3.8) is 0 Å². The van der Waals surface area contributed by atoms with Gasteiger partial charge in [0.2, 0.25) is 6.23 Å². The molecule has 0 unspecified atom stereocenters. The van der Waals surface area contributed by atoms with Gasteiger partial charge in [-0.05, 0) is 49.4 Å². The molecule has 28 heavy (non-hydrogen) atoms. The molecular formula is C22H18BrN3O2. The van der Waals surface area contributed by atoms with Crippen molar-refractivity contribution in [2.75, 3.05) is 0 Å². The van der Waals surface area contributed by atoms with E-state index in [1.54, 1.807) is 18.5 Å². The van der Waals surface area contributed by atoms with Gasteiger partial charge in [-0.1, -0.05) is 27.6 Å². The minimum absolute atomic E-state index is 0.0364. The molecule has 2 aliphatic rings. The third kappa shape index (κ3) is 2.85. The van der Waals surface area contributed by atoms with Crippen LogP contribution in [-0.2, 0) is 0 Å². The number of aromatic nitrogens is 1. The fraction of sp³-hybridized carbons (Fsp3) is 0.182. The zero-order valence-electron chi connectivity index (χ0n) is 15.2. The first-order chi connectivity index (χ1) is 13.6. The molecule has 0 aliphatic carbocycles. The predicted molar refractivity (Wildman–Crippen MR) is 110 cm³/mol. The molecule has 3 aromatic rings. The molecule has 0 radical (unpaired) electrons. The van der Waals surface area contributed by atoms with Gasteiger partial charge >= 0.3 is 0 Å².